The van der Waals surface area contributed by atoms with Gasteiger partial charge in [-0.1, -0.05) is 12.0 Å². The van der Waals surface area contributed by atoms with Crippen LogP contribution in [0.3, 0.4) is 0 Å². The SMILES string of the molecule is C#CCN1CC[C@]23c4c5ccc(OC)c4O[C@H]2[C@@]2(OC)CC[C@@]3(C[C@@H]2C(C)=O)[C@H]1C5. The van der Waals surface area contributed by atoms with Gasteiger partial charge in [-0.2, -0.15) is 0 Å². The van der Waals surface area contributed by atoms with E-state index >= 15 is 0 Å². The van der Waals surface area contributed by atoms with Gasteiger partial charge in [0.1, 0.15) is 17.5 Å². The molecule has 0 N–H and O–H groups in total. The average molecular weight is 408 g/mol. The van der Waals surface area contributed by atoms with Crippen molar-refractivity contribution < 1.29 is 19.0 Å². The van der Waals surface area contributed by atoms with E-state index in [4.69, 9.17) is 20.6 Å². The van der Waals surface area contributed by atoms with Gasteiger partial charge in [-0.15, -0.1) is 6.42 Å². The number of methoxy groups -OCH3 is 2. The fourth-order valence-corrected chi connectivity index (χ4v) is 8.48. The van der Waals surface area contributed by atoms with Gasteiger partial charge in [-0.3, -0.25) is 9.69 Å². The van der Waals surface area contributed by atoms with Crippen LogP contribution in [-0.2, 0) is 21.4 Å². The first-order valence-corrected chi connectivity index (χ1v) is 11.1. The Hall–Kier alpha value is -2.03. The highest BCUT2D eigenvalue weighted by Crippen LogP contribution is 2.76. The number of fused-ring (bicyclic) bond motifs is 2. The molecule has 5 nitrogen and oxygen atoms in total. The zero-order chi connectivity index (χ0) is 20.9. The topological polar surface area (TPSA) is 48.0 Å². The summed E-state index contributed by atoms with van der Waals surface area (Å²) in [4.78, 5) is 15.4. The highest BCUT2D eigenvalue weighted by Gasteiger charge is 2.81. The lowest BCUT2D eigenvalue weighted by Gasteiger charge is -2.73. The molecule has 6 atom stereocenters. The van der Waals surface area contributed by atoms with Crippen molar-refractivity contribution in [1.29, 1.82) is 0 Å². The molecular formula is C25H29NO4. The first kappa shape index (κ1) is 18.7. The van der Waals surface area contributed by atoms with E-state index in [1.807, 2.05) is 6.07 Å². The molecule has 7 rings (SSSR count). The van der Waals surface area contributed by atoms with Crippen LogP contribution in [0.5, 0.6) is 11.5 Å². The Morgan fingerprint density at radius 3 is 2.87 bits per heavy atom. The number of likely N-dealkylation sites (tertiary alicyclic amines) is 1. The van der Waals surface area contributed by atoms with Gasteiger partial charge in [0.05, 0.1) is 19.6 Å². The molecular weight excluding hydrogens is 378 g/mol. The van der Waals surface area contributed by atoms with E-state index in [2.05, 4.69) is 16.9 Å². The number of piperidine rings is 1. The van der Waals surface area contributed by atoms with E-state index in [0.717, 1.165) is 50.1 Å². The molecule has 4 aliphatic carbocycles. The molecule has 1 saturated heterocycles. The molecule has 2 aliphatic heterocycles. The van der Waals surface area contributed by atoms with Crippen LogP contribution >= 0.6 is 0 Å². The minimum Gasteiger partial charge on any atom is -0.493 e. The summed E-state index contributed by atoms with van der Waals surface area (Å²) in [6.45, 7) is 3.34. The van der Waals surface area contributed by atoms with Gasteiger partial charge in [0.2, 0.25) is 0 Å². The molecule has 0 aromatic heterocycles. The molecule has 3 saturated carbocycles. The van der Waals surface area contributed by atoms with Gasteiger partial charge in [0.25, 0.3) is 0 Å². The van der Waals surface area contributed by atoms with Crippen molar-refractivity contribution in [1.82, 2.24) is 4.90 Å². The number of benzene rings is 1. The lowest BCUT2D eigenvalue weighted by molar-refractivity contribution is -0.270. The third-order valence-corrected chi connectivity index (χ3v) is 9.46. The van der Waals surface area contributed by atoms with E-state index < -0.39 is 5.60 Å². The van der Waals surface area contributed by atoms with Crippen LogP contribution in [0.15, 0.2) is 12.1 Å². The zero-order valence-corrected chi connectivity index (χ0v) is 18.0. The maximum Gasteiger partial charge on any atom is 0.165 e. The fourth-order valence-electron chi connectivity index (χ4n) is 8.48. The molecule has 2 heterocycles. The number of rotatable bonds is 4. The van der Waals surface area contributed by atoms with E-state index in [1.165, 1.54) is 11.1 Å². The molecule has 30 heavy (non-hydrogen) atoms. The summed E-state index contributed by atoms with van der Waals surface area (Å²) in [5.41, 5.74) is 1.95. The first-order chi connectivity index (χ1) is 14.5. The predicted octanol–water partition coefficient (Wildman–Crippen LogP) is 2.73. The number of ether oxygens (including phenoxy) is 3. The number of terminal acetylenes is 1. The lowest BCUT2D eigenvalue weighted by atomic mass is 9.34. The van der Waals surface area contributed by atoms with Crippen molar-refractivity contribution in [2.75, 3.05) is 27.3 Å². The Morgan fingerprint density at radius 1 is 1.33 bits per heavy atom. The number of carbonyl (C=O) groups excluding carboxylic acids is 1. The Bertz CT molecular complexity index is 998. The van der Waals surface area contributed by atoms with Crippen LogP contribution in [-0.4, -0.2) is 55.7 Å². The van der Waals surface area contributed by atoms with Crippen molar-refractivity contribution in [2.45, 2.75) is 62.2 Å². The zero-order valence-electron chi connectivity index (χ0n) is 18.0. The summed E-state index contributed by atoms with van der Waals surface area (Å²) < 4.78 is 18.9. The molecule has 0 radical (unpaired) electrons. The number of carbonyl (C=O) groups is 1. The third-order valence-electron chi connectivity index (χ3n) is 9.46. The maximum absolute atomic E-state index is 12.9. The summed E-state index contributed by atoms with van der Waals surface area (Å²) in [6.07, 6.45) is 10.3. The van der Waals surface area contributed by atoms with Gasteiger partial charge in [0, 0.05) is 36.1 Å². The fraction of sp³-hybridized carbons (Fsp3) is 0.640. The molecule has 6 aliphatic rings. The average Bonchev–Trinajstić information content (AvgIpc) is 3.12. The Labute approximate surface area is 178 Å². The third kappa shape index (κ3) is 1.76. The highest BCUT2D eigenvalue weighted by molar-refractivity contribution is 5.81. The van der Waals surface area contributed by atoms with Crippen molar-refractivity contribution in [3.8, 4) is 23.8 Å². The molecule has 158 valence electrons. The predicted molar refractivity (Wildman–Crippen MR) is 112 cm³/mol. The lowest BCUT2D eigenvalue weighted by Crippen LogP contribution is -2.81. The molecule has 1 aromatic rings. The van der Waals surface area contributed by atoms with Crippen molar-refractivity contribution in [3.05, 3.63) is 23.3 Å². The molecule has 5 heteroatoms. The Kier molecular flexibility index (Phi) is 3.62. The van der Waals surface area contributed by atoms with E-state index in [9.17, 15) is 4.79 Å². The number of ketones is 1. The number of Topliss-reactive ketones (excluding diaryl/α,β-unsaturated/α-hetero) is 1. The summed E-state index contributed by atoms with van der Waals surface area (Å²) in [5.74, 6) is 4.64. The molecule has 0 unspecified atom stereocenters. The highest BCUT2D eigenvalue weighted by atomic mass is 16.6. The van der Waals surface area contributed by atoms with Crippen molar-refractivity contribution >= 4 is 5.78 Å². The van der Waals surface area contributed by atoms with Crippen LogP contribution in [0, 0.1) is 23.7 Å². The second-order valence-corrected chi connectivity index (χ2v) is 9.93. The summed E-state index contributed by atoms with van der Waals surface area (Å²) in [6, 6.07) is 4.58. The second kappa shape index (κ2) is 5.81. The van der Waals surface area contributed by atoms with Gasteiger partial charge in [0.15, 0.2) is 11.5 Å². The molecule has 1 aromatic carbocycles. The van der Waals surface area contributed by atoms with Gasteiger partial charge in [-0.25, -0.2) is 0 Å². The smallest absolute Gasteiger partial charge is 0.165 e. The van der Waals surface area contributed by atoms with Crippen molar-refractivity contribution in [2.24, 2.45) is 11.3 Å². The second-order valence-electron chi connectivity index (χ2n) is 9.93. The van der Waals surface area contributed by atoms with Crippen LogP contribution in [0.1, 0.15) is 43.7 Å². The van der Waals surface area contributed by atoms with E-state index in [-0.39, 0.29) is 28.6 Å². The maximum atomic E-state index is 12.9. The van der Waals surface area contributed by atoms with Crippen LogP contribution < -0.4 is 9.47 Å². The minimum absolute atomic E-state index is 0.0198. The van der Waals surface area contributed by atoms with E-state index in [0.29, 0.717) is 12.6 Å². The largest absolute Gasteiger partial charge is 0.493 e. The summed E-state index contributed by atoms with van der Waals surface area (Å²) in [7, 11) is 3.47. The van der Waals surface area contributed by atoms with Gasteiger partial charge in [-0.05, 0) is 50.7 Å². The van der Waals surface area contributed by atoms with E-state index in [1.54, 1.807) is 21.1 Å². The Morgan fingerprint density at radius 2 is 2.17 bits per heavy atom. The van der Waals surface area contributed by atoms with Crippen LogP contribution in [0.2, 0.25) is 0 Å². The Balaban J connectivity index is 1.66. The first-order valence-electron chi connectivity index (χ1n) is 11.1. The normalized spacial score (nSPS) is 42.3. The van der Waals surface area contributed by atoms with Gasteiger partial charge < -0.3 is 14.2 Å². The molecule has 4 fully saturated rings. The minimum atomic E-state index is -0.578. The summed E-state index contributed by atoms with van der Waals surface area (Å²) in [5, 5.41) is 0. The molecule has 2 spiro atoms. The molecule has 0 amide bonds. The number of hydrogen-bond acceptors (Lipinski definition) is 5. The monoisotopic (exact) mass is 407 g/mol. The number of nitrogens with zero attached hydrogens (tertiary/aromatic N) is 1. The van der Waals surface area contributed by atoms with Gasteiger partial charge >= 0.3 is 0 Å². The molecule has 4 bridgehead atoms. The van der Waals surface area contributed by atoms with Crippen LogP contribution in [0.25, 0.3) is 0 Å². The number of hydrogen-bond donors (Lipinski definition) is 0. The standard InChI is InChI=1S/C25H29NO4/c1-5-11-26-12-10-24-20-16-6-7-18(28-3)21(20)30-22(24)25(29-4)9-8-23(24,19(26)13-16)14-17(25)15(2)27/h1,6-7,17,19,22H,8-14H2,2-4H3/t17-,19-,22-,23-,24+,25-/m1/s1. The van der Waals surface area contributed by atoms with Crippen LogP contribution in [0.4, 0.5) is 0 Å². The summed E-state index contributed by atoms with van der Waals surface area (Å²) >= 11 is 0. The van der Waals surface area contributed by atoms with Crippen molar-refractivity contribution in [3.63, 3.8) is 0 Å². The quantitative estimate of drug-likeness (QED) is 0.719.